The van der Waals surface area contributed by atoms with Crippen LogP contribution in [0.5, 0.6) is 0 Å². The average Bonchev–Trinajstić information content (AvgIpc) is 2.08. The normalized spacial score (nSPS) is 10.7. The van der Waals surface area contributed by atoms with Crippen LogP contribution in [0.4, 0.5) is 13.2 Å². The van der Waals surface area contributed by atoms with Gasteiger partial charge in [0.15, 0.2) is 5.95 Å². The molecule has 0 fully saturated rings. The molecule has 4 nitrogen and oxygen atoms in total. The summed E-state index contributed by atoms with van der Waals surface area (Å²) in [5.74, 6) is -2.65. The second kappa shape index (κ2) is 4.16. The summed E-state index contributed by atoms with van der Waals surface area (Å²) in [6.07, 6.45) is -3.95. The Balaban J connectivity index is 3.33. The van der Waals surface area contributed by atoms with Crippen LogP contribution in [0.15, 0.2) is 10.9 Å². The van der Waals surface area contributed by atoms with Crippen molar-refractivity contribution in [2.75, 3.05) is 0 Å². The van der Waals surface area contributed by atoms with Crippen molar-refractivity contribution < 1.29 is 23.1 Å². The lowest BCUT2D eigenvalue weighted by Crippen LogP contribution is -2.20. The maximum Gasteiger partial charge on any atom is 0.308 e. The highest BCUT2D eigenvalue weighted by Crippen LogP contribution is 2.21. The van der Waals surface area contributed by atoms with E-state index in [-0.39, 0.29) is 0 Å². The first-order valence-corrected chi connectivity index (χ1v) is 3.83. The number of carbonyl (C=O) groups is 1. The molecule has 0 atom stereocenters. The third kappa shape index (κ3) is 2.58. The van der Waals surface area contributed by atoms with Gasteiger partial charge in [-0.05, 0) is 0 Å². The summed E-state index contributed by atoms with van der Waals surface area (Å²) in [4.78, 5) is 22.9. The van der Waals surface area contributed by atoms with Crippen LogP contribution in [-0.4, -0.2) is 16.1 Å². The molecule has 0 spiro atoms. The van der Waals surface area contributed by atoms with Crippen LogP contribution in [0, 0.1) is 5.95 Å². The van der Waals surface area contributed by atoms with Crippen LogP contribution in [0.1, 0.15) is 17.6 Å². The molecular weight excluding hydrogens is 215 g/mol. The van der Waals surface area contributed by atoms with Gasteiger partial charge in [0.2, 0.25) is 0 Å². The minimum Gasteiger partial charge on any atom is -0.481 e. The number of carboxylic acids is 1. The van der Waals surface area contributed by atoms with E-state index in [2.05, 4.69) is 0 Å². The Morgan fingerprint density at radius 3 is 2.60 bits per heavy atom. The molecule has 0 aliphatic heterocycles. The Bertz CT molecular complexity index is 441. The monoisotopic (exact) mass is 221 g/mol. The van der Waals surface area contributed by atoms with Crippen LogP contribution >= 0.6 is 0 Å². The molecule has 0 radical (unpaired) electrons. The first-order chi connectivity index (χ1) is 6.91. The summed E-state index contributed by atoms with van der Waals surface area (Å²) in [6.45, 7) is 0. The number of aromatic nitrogens is 1. The second-order valence-electron chi connectivity index (χ2n) is 2.75. The fourth-order valence-corrected chi connectivity index (χ4v) is 1.10. The van der Waals surface area contributed by atoms with Crippen LogP contribution in [0.25, 0.3) is 0 Å². The summed E-state index contributed by atoms with van der Waals surface area (Å²) in [5, 5.41) is 8.38. The van der Waals surface area contributed by atoms with Crippen LogP contribution in [0.2, 0.25) is 0 Å². The number of aromatic amines is 1. The highest BCUT2D eigenvalue weighted by atomic mass is 19.3. The van der Waals surface area contributed by atoms with Gasteiger partial charge in [-0.1, -0.05) is 0 Å². The number of pyridine rings is 1. The first kappa shape index (κ1) is 11.3. The predicted molar refractivity (Wildman–Crippen MR) is 43.3 cm³/mol. The number of aliphatic carboxylic acids is 1. The minimum absolute atomic E-state index is 0.421. The van der Waals surface area contributed by atoms with E-state index < -0.39 is 41.4 Å². The maximum atomic E-state index is 12.6. The van der Waals surface area contributed by atoms with Crippen molar-refractivity contribution in [3.63, 3.8) is 0 Å². The molecule has 0 saturated heterocycles. The number of alkyl halides is 2. The zero-order valence-corrected chi connectivity index (χ0v) is 7.26. The summed E-state index contributed by atoms with van der Waals surface area (Å²) in [7, 11) is 0. The molecule has 15 heavy (non-hydrogen) atoms. The number of rotatable bonds is 3. The highest BCUT2D eigenvalue weighted by molar-refractivity contribution is 5.70. The van der Waals surface area contributed by atoms with E-state index in [0.717, 1.165) is 0 Å². The predicted octanol–water partition coefficient (Wildman–Crippen LogP) is 1.08. The van der Waals surface area contributed by atoms with Gasteiger partial charge in [-0.25, -0.2) is 8.78 Å². The van der Waals surface area contributed by atoms with E-state index in [9.17, 15) is 22.8 Å². The average molecular weight is 221 g/mol. The number of halogens is 3. The third-order valence-corrected chi connectivity index (χ3v) is 1.70. The van der Waals surface area contributed by atoms with Gasteiger partial charge in [-0.3, -0.25) is 14.6 Å². The third-order valence-electron chi connectivity index (χ3n) is 1.70. The Morgan fingerprint density at radius 2 is 2.13 bits per heavy atom. The van der Waals surface area contributed by atoms with Gasteiger partial charge in [-0.15, -0.1) is 0 Å². The Hall–Kier alpha value is -1.79. The molecule has 2 N–H and O–H groups in total. The highest BCUT2D eigenvalue weighted by Gasteiger charge is 2.19. The van der Waals surface area contributed by atoms with E-state index in [1.54, 1.807) is 4.98 Å². The van der Waals surface area contributed by atoms with Gasteiger partial charge in [-0.2, -0.15) is 4.39 Å². The number of hydrogen-bond acceptors (Lipinski definition) is 2. The summed E-state index contributed by atoms with van der Waals surface area (Å²) in [5.41, 5.74) is -2.66. The molecule has 0 saturated carbocycles. The van der Waals surface area contributed by atoms with E-state index in [1.165, 1.54) is 0 Å². The smallest absolute Gasteiger partial charge is 0.308 e. The largest absolute Gasteiger partial charge is 0.481 e. The van der Waals surface area contributed by atoms with Gasteiger partial charge in [0.25, 0.3) is 12.0 Å². The van der Waals surface area contributed by atoms with Crippen molar-refractivity contribution in [1.82, 2.24) is 4.98 Å². The first-order valence-electron chi connectivity index (χ1n) is 3.83. The molecule has 0 bridgehead atoms. The lowest BCUT2D eigenvalue weighted by molar-refractivity contribution is -0.136. The van der Waals surface area contributed by atoms with Crippen molar-refractivity contribution in [3.05, 3.63) is 33.5 Å². The molecule has 82 valence electrons. The standard InChI is InChI=1S/C8H6F3NO3/c9-5-1-3(7(10)11)4(2-6(13)14)8(15)12-5/h1,7H,2H2,(H,12,15)(H,13,14). The summed E-state index contributed by atoms with van der Waals surface area (Å²) < 4.78 is 37.2. The van der Waals surface area contributed by atoms with Crippen LogP contribution in [0.3, 0.4) is 0 Å². The number of hydrogen-bond donors (Lipinski definition) is 2. The molecule has 0 amide bonds. The van der Waals surface area contributed by atoms with E-state index in [1.807, 2.05) is 0 Å². The molecular formula is C8H6F3NO3. The Kier molecular flexibility index (Phi) is 3.13. The molecule has 0 aliphatic carbocycles. The van der Waals surface area contributed by atoms with Gasteiger partial charge < -0.3 is 5.11 Å². The molecule has 0 aromatic carbocycles. The topological polar surface area (TPSA) is 70.2 Å². The van der Waals surface area contributed by atoms with Gasteiger partial charge >= 0.3 is 5.97 Å². The lowest BCUT2D eigenvalue weighted by atomic mass is 10.1. The fraction of sp³-hybridized carbons (Fsp3) is 0.250. The molecule has 0 unspecified atom stereocenters. The quantitative estimate of drug-likeness (QED) is 0.750. The van der Waals surface area contributed by atoms with Crippen LogP contribution in [-0.2, 0) is 11.2 Å². The second-order valence-corrected chi connectivity index (χ2v) is 2.75. The zero-order chi connectivity index (χ0) is 11.6. The van der Waals surface area contributed by atoms with Crippen LogP contribution < -0.4 is 5.56 Å². The van der Waals surface area contributed by atoms with Crippen molar-refractivity contribution in [2.45, 2.75) is 12.8 Å². The van der Waals surface area contributed by atoms with Gasteiger partial charge in [0.1, 0.15) is 0 Å². The minimum atomic E-state index is -3.09. The van der Waals surface area contributed by atoms with Gasteiger partial charge in [0, 0.05) is 17.2 Å². The fourth-order valence-electron chi connectivity index (χ4n) is 1.10. The van der Waals surface area contributed by atoms with Crippen molar-refractivity contribution >= 4 is 5.97 Å². The molecule has 7 heteroatoms. The number of H-pyrrole nitrogens is 1. The van der Waals surface area contributed by atoms with Crippen molar-refractivity contribution in [2.24, 2.45) is 0 Å². The zero-order valence-electron chi connectivity index (χ0n) is 7.26. The van der Waals surface area contributed by atoms with Gasteiger partial charge in [0.05, 0.1) is 6.42 Å². The molecule has 1 aromatic rings. The number of carboxylic acid groups (broad SMARTS) is 1. The Morgan fingerprint density at radius 1 is 1.53 bits per heavy atom. The van der Waals surface area contributed by atoms with Crippen molar-refractivity contribution in [1.29, 1.82) is 0 Å². The van der Waals surface area contributed by atoms with E-state index >= 15 is 0 Å². The van der Waals surface area contributed by atoms with E-state index in [0.29, 0.717) is 6.07 Å². The lowest BCUT2D eigenvalue weighted by Gasteiger charge is -2.05. The molecule has 1 heterocycles. The number of nitrogens with one attached hydrogen (secondary N) is 1. The molecule has 0 aliphatic rings. The summed E-state index contributed by atoms with van der Waals surface area (Å²) >= 11 is 0. The summed E-state index contributed by atoms with van der Waals surface area (Å²) in [6, 6.07) is 0.421. The van der Waals surface area contributed by atoms with E-state index in [4.69, 9.17) is 5.11 Å². The molecule has 1 aromatic heterocycles. The SMILES string of the molecule is O=C(O)Cc1c(C(F)F)cc(F)[nH]c1=O. The Labute approximate surface area is 81.4 Å². The van der Waals surface area contributed by atoms with Crippen molar-refractivity contribution in [3.8, 4) is 0 Å². The maximum absolute atomic E-state index is 12.6. The molecule has 1 rings (SSSR count).